The summed E-state index contributed by atoms with van der Waals surface area (Å²) in [6.07, 6.45) is 1.32. The number of carbonyl (C=O) groups excluding carboxylic acids is 1. The van der Waals surface area contributed by atoms with Gasteiger partial charge in [0.15, 0.2) is 0 Å². The molecule has 0 radical (unpaired) electrons. The molecule has 6 heteroatoms. The zero-order valence-electron chi connectivity index (χ0n) is 11.3. The second-order valence-electron chi connectivity index (χ2n) is 4.53. The molecule has 1 amide bonds. The van der Waals surface area contributed by atoms with E-state index in [0.29, 0.717) is 12.1 Å². The minimum atomic E-state index is -1.15. The molecule has 0 unspecified atom stereocenters. The number of aromatic carboxylic acids is 1. The van der Waals surface area contributed by atoms with Gasteiger partial charge < -0.3 is 10.0 Å². The maximum Gasteiger partial charge on any atom is 0.354 e. The third-order valence-electron chi connectivity index (χ3n) is 2.88. The van der Waals surface area contributed by atoms with Gasteiger partial charge >= 0.3 is 5.97 Å². The van der Waals surface area contributed by atoms with Gasteiger partial charge in [-0.2, -0.15) is 0 Å². The average Bonchev–Trinajstić information content (AvgIpc) is 2.46. The van der Waals surface area contributed by atoms with Crippen LogP contribution in [0.2, 0.25) is 0 Å². The lowest BCUT2D eigenvalue weighted by Crippen LogP contribution is -2.26. The van der Waals surface area contributed by atoms with Gasteiger partial charge in [0.2, 0.25) is 0 Å². The summed E-state index contributed by atoms with van der Waals surface area (Å²) >= 11 is 3.38. The Hall–Kier alpha value is -2.21. The van der Waals surface area contributed by atoms with Crippen LogP contribution in [0.1, 0.15) is 26.4 Å². The van der Waals surface area contributed by atoms with E-state index < -0.39 is 5.97 Å². The van der Waals surface area contributed by atoms with E-state index in [-0.39, 0.29) is 11.6 Å². The monoisotopic (exact) mass is 348 g/mol. The summed E-state index contributed by atoms with van der Waals surface area (Å²) in [4.78, 5) is 28.4. The molecule has 0 aliphatic rings. The summed E-state index contributed by atoms with van der Waals surface area (Å²) in [6.45, 7) is 0.434. The van der Waals surface area contributed by atoms with Gasteiger partial charge in [-0.15, -0.1) is 0 Å². The lowest BCUT2D eigenvalue weighted by atomic mass is 10.1. The van der Waals surface area contributed by atoms with Crippen molar-refractivity contribution in [3.63, 3.8) is 0 Å². The number of nitrogens with zero attached hydrogens (tertiary/aromatic N) is 2. The van der Waals surface area contributed by atoms with Crippen LogP contribution in [-0.2, 0) is 6.54 Å². The van der Waals surface area contributed by atoms with Crippen molar-refractivity contribution in [3.8, 4) is 0 Å². The lowest BCUT2D eigenvalue weighted by molar-refractivity contribution is 0.0690. The van der Waals surface area contributed by atoms with Crippen LogP contribution in [0.15, 0.2) is 47.1 Å². The van der Waals surface area contributed by atoms with Crippen LogP contribution >= 0.6 is 15.9 Å². The standard InChI is InChI=1S/C15H13BrN2O3/c1-18(9-10-3-2-4-12(16)7-10)14(19)11-5-6-17-13(8-11)15(20)21/h2-8H,9H2,1H3,(H,20,21). The molecule has 1 aromatic heterocycles. The molecular formula is C15H13BrN2O3. The predicted octanol–water partition coefficient (Wildman–Crippen LogP) is 2.81. The number of halogens is 1. The number of amides is 1. The number of carboxylic acid groups (broad SMARTS) is 1. The van der Waals surface area contributed by atoms with Crippen molar-refractivity contribution in [3.05, 3.63) is 63.9 Å². The zero-order valence-corrected chi connectivity index (χ0v) is 12.9. The number of benzene rings is 1. The normalized spacial score (nSPS) is 10.2. The van der Waals surface area contributed by atoms with E-state index in [0.717, 1.165) is 10.0 Å². The fourth-order valence-electron chi connectivity index (χ4n) is 1.88. The molecule has 0 atom stereocenters. The van der Waals surface area contributed by atoms with Gasteiger partial charge in [-0.3, -0.25) is 4.79 Å². The molecule has 0 spiro atoms. The Morgan fingerprint density at radius 1 is 1.29 bits per heavy atom. The Bertz CT molecular complexity index is 688. The van der Waals surface area contributed by atoms with Gasteiger partial charge in [0, 0.05) is 29.8 Å². The van der Waals surface area contributed by atoms with E-state index in [4.69, 9.17) is 5.11 Å². The van der Waals surface area contributed by atoms with Gasteiger partial charge in [-0.1, -0.05) is 28.1 Å². The van der Waals surface area contributed by atoms with Crippen LogP contribution < -0.4 is 0 Å². The molecule has 1 aromatic carbocycles. The smallest absolute Gasteiger partial charge is 0.354 e. The first kappa shape index (κ1) is 15.2. The Morgan fingerprint density at radius 2 is 2.05 bits per heavy atom. The number of carboxylic acids is 1. The van der Waals surface area contributed by atoms with Gasteiger partial charge in [0.05, 0.1) is 0 Å². The molecule has 2 rings (SSSR count). The first-order valence-electron chi connectivity index (χ1n) is 6.16. The fraction of sp³-hybridized carbons (Fsp3) is 0.133. The van der Waals surface area contributed by atoms with Gasteiger partial charge in [0.1, 0.15) is 5.69 Å². The summed E-state index contributed by atoms with van der Waals surface area (Å²) in [5.41, 5.74) is 1.14. The highest BCUT2D eigenvalue weighted by molar-refractivity contribution is 9.10. The summed E-state index contributed by atoms with van der Waals surface area (Å²) in [5, 5.41) is 8.90. The van der Waals surface area contributed by atoms with Crippen LogP contribution in [0, 0.1) is 0 Å². The molecule has 0 fully saturated rings. The van der Waals surface area contributed by atoms with Crippen molar-refractivity contribution in [2.45, 2.75) is 6.54 Å². The van der Waals surface area contributed by atoms with Crippen LogP contribution in [0.3, 0.4) is 0 Å². The summed E-state index contributed by atoms with van der Waals surface area (Å²) in [7, 11) is 1.67. The Labute approximate surface area is 130 Å². The van der Waals surface area contributed by atoms with Crippen LogP contribution in [0.4, 0.5) is 0 Å². The Kier molecular flexibility index (Phi) is 4.70. The van der Waals surface area contributed by atoms with Crippen molar-refractivity contribution in [2.24, 2.45) is 0 Å². The molecule has 0 bridgehead atoms. The molecule has 0 aliphatic carbocycles. The highest BCUT2D eigenvalue weighted by atomic mass is 79.9. The van der Waals surface area contributed by atoms with E-state index in [1.165, 1.54) is 23.2 Å². The highest BCUT2D eigenvalue weighted by Crippen LogP contribution is 2.14. The van der Waals surface area contributed by atoms with Crippen molar-refractivity contribution in [2.75, 3.05) is 7.05 Å². The Balaban J connectivity index is 2.15. The molecule has 2 aromatic rings. The second-order valence-corrected chi connectivity index (χ2v) is 5.44. The molecular weight excluding hydrogens is 336 g/mol. The van der Waals surface area contributed by atoms with Crippen LogP contribution in [0.25, 0.3) is 0 Å². The number of pyridine rings is 1. The summed E-state index contributed by atoms with van der Waals surface area (Å²) in [5.74, 6) is -1.40. The quantitative estimate of drug-likeness (QED) is 0.922. The second kappa shape index (κ2) is 6.49. The first-order chi connectivity index (χ1) is 9.97. The minimum Gasteiger partial charge on any atom is -0.477 e. The molecule has 1 heterocycles. The number of aromatic nitrogens is 1. The molecule has 108 valence electrons. The highest BCUT2D eigenvalue weighted by Gasteiger charge is 2.14. The van der Waals surface area contributed by atoms with E-state index in [9.17, 15) is 9.59 Å². The summed E-state index contributed by atoms with van der Waals surface area (Å²) in [6, 6.07) is 10.4. The largest absolute Gasteiger partial charge is 0.477 e. The van der Waals surface area contributed by atoms with Gasteiger partial charge in [0.25, 0.3) is 5.91 Å². The Morgan fingerprint density at radius 3 is 2.71 bits per heavy atom. The third kappa shape index (κ3) is 3.88. The number of carbonyl (C=O) groups is 2. The van der Waals surface area contributed by atoms with Crippen LogP contribution in [0.5, 0.6) is 0 Å². The number of hydrogen-bond donors (Lipinski definition) is 1. The molecule has 21 heavy (non-hydrogen) atoms. The average molecular weight is 349 g/mol. The molecule has 1 N–H and O–H groups in total. The van der Waals surface area contributed by atoms with E-state index in [1.54, 1.807) is 7.05 Å². The minimum absolute atomic E-state index is 0.142. The topological polar surface area (TPSA) is 70.5 Å². The predicted molar refractivity (Wildman–Crippen MR) is 81.1 cm³/mol. The van der Waals surface area contributed by atoms with E-state index in [2.05, 4.69) is 20.9 Å². The summed E-state index contributed by atoms with van der Waals surface area (Å²) < 4.78 is 0.943. The zero-order chi connectivity index (χ0) is 15.4. The van der Waals surface area contributed by atoms with Gasteiger partial charge in [-0.25, -0.2) is 9.78 Å². The number of rotatable bonds is 4. The maximum atomic E-state index is 12.3. The van der Waals surface area contributed by atoms with Crippen molar-refractivity contribution in [1.29, 1.82) is 0 Å². The van der Waals surface area contributed by atoms with Crippen LogP contribution in [-0.4, -0.2) is 33.9 Å². The third-order valence-corrected chi connectivity index (χ3v) is 3.37. The van der Waals surface area contributed by atoms with Crippen molar-refractivity contribution >= 4 is 27.8 Å². The van der Waals surface area contributed by atoms with Gasteiger partial charge in [-0.05, 0) is 29.8 Å². The SMILES string of the molecule is CN(Cc1cccc(Br)c1)C(=O)c1ccnc(C(=O)O)c1. The van der Waals surface area contributed by atoms with Crippen molar-refractivity contribution in [1.82, 2.24) is 9.88 Å². The maximum absolute atomic E-state index is 12.3. The molecule has 0 saturated carbocycles. The first-order valence-corrected chi connectivity index (χ1v) is 6.96. The van der Waals surface area contributed by atoms with Crippen molar-refractivity contribution < 1.29 is 14.7 Å². The van der Waals surface area contributed by atoms with E-state index in [1.807, 2.05) is 24.3 Å². The lowest BCUT2D eigenvalue weighted by Gasteiger charge is -2.17. The van der Waals surface area contributed by atoms with E-state index >= 15 is 0 Å². The molecule has 0 aliphatic heterocycles. The molecule has 5 nitrogen and oxygen atoms in total. The fourth-order valence-corrected chi connectivity index (χ4v) is 2.33. The molecule has 0 saturated heterocycles. The number of hydrogen-bond acceptors (Lipinski definition) is 3.